The highest BCUT2D eigenvalue weighted by Crippen LogP contribution is 2.26. The quantitative estimate of drug-likeness (QED) is 0.687. The van der Waals surface area contributed by atoms with Crippen LogP contribution in [0.2, 0.25) is 0 Å². The predicted molar refractivity (Wildman–Crippen MR) is 97.1 cm³/mol. The fourth-order valence-electron chi connectivity index (χ4n) is 2.90. The van der Waals surface area contributed by atoms with E-state index in [0.29, 0.717) is 13.1 Å². The fourth-order valence-corrected chi connectivity index (χ4v) is 2.90. The smallest absolute Gasteiger partial charge is 0.322 e. The number of para-hydroxylation sites is 1. The lowest BCUT2D eigenvalue weighted by Crippen LogP contribution is -2.50. The van der Waals surface area contributed by atoms with E-state index >= 15 is 0 Å². The first-order valence-electron chi connectivity index (χ1n) is 8.15. The SMILES string of the molecule is Cc1ccc(NC(=O)N2CCN(c3ccccc3)CC2)c([N+](=O)[O-])c1. The van der Waals surface area contributed by atoms with Gasteiger partial charge in [-0.1, -0.05) is 24.3 Å². The third kappa shape index (κ3) is 3.88. The van der Waals surface area contributed by atoms with Crippen molar-refractivity contribution in [3.63, 3.8) is 0 Å². The first-order chi connectivity index (χ1) is 12.0. The molecule has 1 aliphatic rings. The van der Waals surface area contributed by atoms with Gasteiger partial charge in [-0.15, -0.1) is 0 Å². The molecule has 0 radical (unpaired) electrons. The molecule has 2 amide bonds. The Kier molecular flexibility index (Phi) is 4.83. The average molecular weight is 340 g/mol. The molecule has 7 nitrogen and oxygen atoms in total. The van der Waals surface area contributed by atoms with Crippen LogP contribution in [-0.2, 0) is 0 Å². The lowest BCUT2D eigenvalue weighted by molar-refractivity contribution is -0.384. The van der Waals surface area contributed by atoms with E-state index in [9.17, 15) is 14.9 Å². The molecule has 2 aromatic rings. The van der Waals surface area contributed by atoms with Gasteiger partial charge in [0.25, 0.3) is 5.69 Å². The number of rotatable bonds is 3. The number of aryl methyl sites for hydroxylation is 1. The molecule has 0 atom stereocenters. The molecule has 1 aliphatic heterocycles. The minimum atomic E-state index is -0.476. The zero-order chi connectivity index (χ0) is 17.8. The Morgan fingerprint density at radius 2 is 1.76 bits per heavy atom. The topological polar surface area (TPSA) is 78.7 Å². The van der Waals surface area contributed by atoms with Crippen molar-refractivity contribution in [1.82, 2.24) is 4.90 Å². The van der Waals surface area contributed by atoms with Crippen molar-refractivity contribution in [2.75, 3.05) is 36.4 Å². The van der Waals surface area contributed by atoms with Crippen molar-refractivity contribution in [3.8, 4) is 0 Å². The van der Waals surface area contributed by atoms with E-state index in [1.54, 1.807) is 24.0 Å². The van der Waals surface area contributed by atoms with Crippen LogP contribution < -0.4 is 10.2 Å². The Morgan fingerprint density at radius 3 is 2.40 bits per heavy atom. The van der Waals surface area contributed by atoms with Crippen LogP contribution in [0.5, 0.6) is 0 Å². The number of hydrogen-bond acceptors (Lipinski definition) is 4. The van der Waals surface area contributed by atoms with E-state index in [4.69, 9.17) is 0 Å². The molecule has 0 aliphatic carbocycles. The summed E-state index contributed by atoms with van der Waals surface area (Å²) >= 11 is 0. The summed E-state index contributed by atoms with van der Waals surface area (Å²) in [5.41, 5.74) is 2.06. The van der Waals surface area contributed by atoms with Gasteiger partial charge < -0.3 is 15.1 Å². The maximum absolute atomic E-state index is 12.4. The van der Waals surface area contributed by atoms with Crippen LogP contribution in [0.15, 0.2) is 48.5 Å². The molecule has 0 saturated carbocycles. The number of nitro groups is 1. The second-order valence-corrected chi connectivity index (χ2v) is 6.02. The summed E-state index contributed by atoms with van der Waals surface area (Å²) in [5, 5.41) is 13.8. The Morgan fingerprint density at radius 1 is 1.08 bits per heavy atom. The van der Waals surface area contributed by atoms with Gasteiger partial charge in [0, 0.05) is 37.9 Å². The molecule has 0 aromatic heterocycles. The van der Waals surface area contributed by atoms with Crippen molar-refractivity contribution >= 4 is 23.1 Å². The predicted octanol–water partition coefficient (Wildman–Crippen LogP) is 3.26. The van der Waals surface area contributed by atoms with Crippen LogP contribution in [0, 0.1) is 17.0 Å². The number of nitrogens with zero attached hydrogens (tertiary/aromatic N) is 3. The molecule has 0 bridgehead atoms. The molecule has 7 heteroatoms. The lowest BCUT2D eigenvalue weighted by atomic mass is 10.2. The number of nitrogens with one attached hydrogen (secondary N) is 1. The number of urea groups is 1. The van der Waals surface area contributed by atoms with Crippen molar-refractivity contribution < 1.29 is 9.72 Å². The first kappa shape index (κ1) is 16.8. The van der Waals surface area contributed by atoms with E-state index in [1.165, 1.54) is 6.07 Å². The molecule has 1 saturated heterocycles. The zero-order valence-corrected chi connectivity index (χ0v) is 14.0. The third-order valence-electron chi connectivity index (χ3n) is 4.28. The molecule has 0 unspecified atom stereocenters. The summed E-state index contributed by atoms with van der Waals surface area (Å²) in [5.74, 6) is 0. The lowest BCUT2D eigenvalue weighted by Gasteiger charge is -2.36. The summed E-state index contributed by atoms with van der Waals surface area (Å²) in [7, 11) is 0. The summed E-state index contributed by atoms with van der Waals surface area (Å²) in [6.45, 7) is 4.38. The van der Waals surface area contributed by atoms with Crippen molar-refractivity contribution in [3.05, 3.63) is 64.2 Å². The molecule has 1 fully saturated rings. The van der Waals surface area contributed by atoms with Crippen LogP contribution in [0.4, 0.5) is 21.9 Å². The molecular formula is C18H20N4O3. The molecular weight excluding hydrogens is 320 g/mol. The number of carbonyl (C=O) groups excluding carboxylic acids is 1. The number of benzene rings is 2. The van der Waals surface area contributed by atoms with Crippen LogP contribution >= 0.6 is 0 Å². The third-order valence-corrected chi connectivity index (χ3v) is 4.28. The van der Waals surface area contributed by atoms with Crippen LogP contribution in [-0.4, -0.2) is 42.0 Å². The van der Waals surface area contributed by atoms with Gasteiger partial charge in [-0.25, -0.2) is 4.79 Å². The van der Waals surface area contributed by atoms with Crippen LogP contribution in [0.25, 0.3) is 0 Å². The molecule has 130 valence electrons. The Bertz CT molecular complexity index is 771. The van der Waals surface area contributed by atoms with E-state index in [-0.39, 0.29) is 17.4 Å². The number of carbonyl (C=O) groups is 1. The monoisotopic (exact) mass is 340 g/mol. The van der Waals surface area contributed by atoms with E-state index in [2.05, 4.69) is 10.2 Å². The zero-order valence-electron chi connectivity index (χ0n) is 14.0. The first-order valence-corrected chi connectivity index (χ1v) is 8.15. The Labute approximate surface area is 146 Å². The van der Waals surface area contributed by atoms with Gasteiger partial charge in [-0.3, -0.25) is 10.1 Å². The van der Waals surface area contributed by atoms with Crippen molar-refractivity contribution in [2.45, 2.75) is 6.92 Å². The molecule has 3 rings (SSSR count). The van der Waals surface area contributed by atoms with Gasteiger partial charge in [-0.05, 0) is 30.7 Å². The van der Waals surface area contributed by atoms with Gasteiger partial charge in [0.1, 0.15) is 5.69 Å². The number of hydrogen-bond donors (Lipinski definition) is 1. The molecule has 1 heterocycles. The molecule has 0 spiro atoms. The van der Waals surface area contributed by atoms with Gasteiger partial charge in [0.2, 0.25) is 0 Å². The number of piperazine rings is 1. The molecule has 1 N–H and O–H groups in total. The van der Waals surface area contributed by atoms with Crippen LogP contribution in [0.3, 0.4) is 0 Å². The van der Waals surface area contributed by atoms with Crippen LogP contribution in [0.1, 0.15) is 5.56 Å². The van der Waals surface area contributed by atoms with Gasteiger partial charge in [-0.2, -0.15) is 0 Å². The largest absolute Gasteiger partial charge is 0.368 e. The number of nitro benzene ring substituents is 1. The van der Waals surface area contributed by atoms with Gasteiger partial charge >= 0.3 is 6.03 Å². The molecule has 25 heavy (non-hydrogen) atoms. The van der Waals surface area contributed by atoms with Gasteiger partial charge in [0.05, 0.1) is 4.92 Å². The normalized spacial score (nSPS) is 14.3. The van der Waals surface area contributed by atoms with E-state index < -0.39 is 4.92 Å². The highest BCUT2D eigenvalue weighted by molar-refractivity contribution is 5.92. The second kappa shape index (κ2) is 7.21. The Balaban J connectivity index is 1.63. The minimum Gasteiger partial charge on any atom is -0.368 e. The Hall–Kier alpha value is -3.09. The van der Waals surface area contributed by atoms with Gasteiger partial charge in [0.15, 0.2) is 0 Å². The fraction of sp³-hybridized carbons (Fsp3) is 0.278. The van der Waals surface area contributed by atoms with E-state index in [1.807, 2.05) is 30.3 Å². The standard InChI is InChI=1S/C18H20N4O3/c1-14-7-8-16(17(13-14)22(24)25)19-18(23)21-11-9-20(10-12-21)15-5-3-2-4-6-15/h2-8,13H,9-12H2,1H3,(H,19,23). The maximum Gasteiger partial charge on any atom is 0.322 e. The highest BCUT2D eigenvalue weighted by Gasteiger charge is 2.23. The van der Waals surface area contributed by atoms with Crippen molar-refractivity contribution in [2.24, 2.45) is 0 Å². The minimum absolute atomic E-state index is 0.0868. The second-order valence-electron chi connectivity index (χ2n) is 6.02. The van der Waals surface area contributed by atoms with E-state index in [0.717, 1.165) is 24.3 Å². The molecule has 2 aromatic carbocycles. The number of anilines is 2. The summed E-state index contributed by atoms with van der Waals surface area (Å²) in [4.78, 5) is 27.0. The summed E-state index contributed by atoms with van der Waals surface area (Å²) in [6, 6.07) is 14.5. The summed E-state index contributed by atoms with van der Waals surface area (Å²) < 4.78 is 0. The average Bonchev–Trinajstić information content (AvgIpc) is 2.64. The van der Waals surface area contributed by atoms with Crippen molar-refractivity contribution in [1.29, 1.82) is 0 Å². The highest BCUT2D eigenvalue weighted by atomic mass is 16.6. The maximum atomic E-state index is 12.4. The number of amides is 2. The summed E-state index contributed by atoms with van der Waals surface area (Å²) in [6.07, 6.45) is 0.